The fourth-order valence-electron chi connectivity index (χ4n) is 1.22. The summed E-state index contributed by atoms with van der Waals surface area (Å²) in [6.07, 6.45) is 0.431. The van der Waals surface area contributed by atoms with Gasteiger partial charge in [-0.25, -0.2) is 4.79 Å². The maximum atomic E-state index is 11.3. The average Bonchev–Trinajstić information content (AvgIpc) is 2.24. The Kier molecular flexibility index (Phi) is 7.70. The lowest BCUT2D eigenvalue weighted by molar-refractivity contribution is -0.142. The molecule has 0 aromatic rings. The van der Waals surface area contributed by atoms with Crippen molar-refractivity contribution in [2.24, 2.45) is 0 Å². The molecule has 0 saturated heterocycles. The van der Waals surface area contributed by atoms with E-state index in [1.165, 1.54) is 0 Å². The Morgan fingerprint density at radius 3 is 2.29 bits per heavy atom. The number of nitrogens with one attached hydrogen (secondary N) is 2. The third kappa shape index (κ3) is 8.21. The monoisotopic (exact) mass is 246 g/mol. The largest absolute Gasteiger partial charge is 0.481 e. The smallest absolute Gasteiger partial charge is 0.326 e. The van der Waals surface area contributed by atoms with Crippen molar-refractivity contribution in [1.82, 2.24) is 10.6 Å². The van der Waals surface area contributed by atoms with Crippen LogP contribution in [0, 0.1) is 0 Å². The molecule has 1 amide bonds. The fourth-order valence-corrected chi connectivity index (χ4v) is 1.22. The highest BCUT2D eigenvalue weighted by atomic mass is 16.4. The van der Waals surface area contributed by atoms with Gasteiger partial charge in [-0.05, 0) is 19.9 Å². The number of hydrogen-bond acceptors (Lipinski definition) is 4. The number of hydrogen-bond donors (Lipinski definition) is 4. The molecule has 7 heteroatoms. The van der Waals surface area contributed by atoms with Gasteiger partial charge >= 0.3 is 11.9 Å². The third-order valence-corrected chi connectivity index (χ3v) is 2.12. The lowest BCUT2D eigenvalue weighted by atomic mass is 10.1. The summed E-state index contributed by atoms with van der Waals surface area (Å²) in [7, 11) is 1.69. The highest BCUT2D eigenvalue weighted by molar-refractivity contribution is 5.83. The van der Waals surface area contributed by atoms with E-state index in [-0.39, 0.29) is 31.6 Å². The van der Waals surface area contributed by atoms with E-state index in [9.17, 15) is 14.4 Å². The molecule has 0 aliphatic heterocycles. The molecule has 7 nitrogen and oxygen atoms in total. The number of amides is 1. The van der Waals surface area contributed by atoms with Crippen molar-refractivity contribution in [1.29, 1.82) is 0 Å². The van der Waals surface area contributed by atoms with E-state index in [4.69, 9.17) is 10.2 Å². The summed E-state index contributed by atoms with van der Waals surface area (Å²) in [5, 5.41) is 22.4. The van der Waals surface area contributed by atoms with E-state index in [1.54, 1.807) is 7.05 Å². The summed E-state index contributed by atoms with van der Waals surface area (Å²) in [6.45, 7) is 0.466. The normalized spacial score (nSPS) is 11.8. The van der Waals surface area contributed by atoms with E-state index in [0.29, 0.717) is 6.54 Å². The minimum atomic E-state index is -1.15. The van der Waals surface area contributed by atoms with E-state index >= 15 is 0 Å². The maximum Gasteiger partial charge on any atom is 0.326 e. The van der Waals surface area contributed by atoms with Crippen molar-refractivity contribution >= 4 is 17.8 Å². The SMILES string of the molecule is CNCCC(=O)N[C@H](CCCC(=O)O)C(=O)O. The lowest BCUT2D eigenvalue weighted by Gasteiger charge is -2.13. The average molecular weight is 246 g/mol. The van der Waals surface area contributed by atoms with Crippen molar-refractivity contribution < 1.29 is 24.6 Å². The molecule has 0 rings (SSSR count). The molecule has 0 spiro atoms. The molecule has 0 aliphatic carbocycles. The quantitative estimate of drug-likeness (QED) is 0.432. The van der Waals surface area contributed by atoms with E-state index in [1.807, 2.05) is 0 Å². The minimum Gasteiger partial charge on any atom is -0.481 e. The van der Waals surface area contributed by atoms with Crippen molar-refractivity contribution in [3.8, 4) is 0 Å². The van der Waals surface area contributed by atoms with Crippen LogP contribution in [0.4, 0.5) is 0 Å². The van der Waals surface area contributed by atoms with Gasteiger partial charge < -0.3 is 20.8 Å². The zero-order valence-corrected chi connectivity index (χ0v) is 9.73. The zero-order valence-electron chi connectivity index (χ0n) is 9.73. The first-order valence-electron chi connectivity index (χ1n) is 5.36. The molecule has 17 heavy (non-hydrogen) atoms. The predicted molar refractivity (Wildman–Crippen MR) is 59.6 cm³/mol. The molecular weight excluding hydrogens is 228 g/mol. The molecule has 0 aromatic carbocycles. The zero-order chi connectivity index (χ0) is 13.3. The van der Waals surface area contributed by atoms with Gasteiger partial charge in [0, 0.05) is 19.4 Å². The van der Waals surface area contributed by atoms with Crippen LogP contribution in [0.5, 0.6) is 0 Å². The number of carboxylic acid groups (broad SMARTS) is 2. The lowest BCUT2D eigenvalue weighted by Crippen LogP contribution is -2.41. The van der Waals surface area contributed by atoms with Crippen LogP contribution in [0.3, 0.4) is 0 Å². The minimum absolute atomic E-state index is 0.101. The predicted octanol–water partition coefficient (Wildman–Crippen LogP) is -0.580. The molecule has 0 heterocycles. The van der Waals surface area contributed by atoms with Crippen molar-refractivity contribution in [3.05, 3.63) is 0 Å². The Hall–Kier alpha value is -1.63. The molecule has 4 N–H and O–H groups in total. The maximum absolute atomic E-state index is 11.3. The Balaban J connectivity index is 4.02. The number of rotatable bonds is 9. The standard InChI is InChI=1S/C10H18N2O5/c1-11-6-5-8(13)12-7(10(16)17)3-2-4-9(14)15/h7,11H,2-6H2,1H3,(H,12,13)(H,14,15)(H,16,17)/t7-/m1/s1. The summed E-state index contributed by atoms with van der Waals surface area (Å²) in [5.41, 5.74) is 0. The van der Waals surface area contributed by atoms with Gasteiger partial charge in [-0.15, -0.1) is 0 Å². The van der Waals surface area contributed by atoms with Crippen molar-refractivity contribution in [2.45, 2.75) is 31.7 Å². The van der Waals surface area contributed by atoms with Crippen molar-refractivity contribution in [3.63, 3.8) is 0 Å². The number of carbonyl (C=O) groups is 3. The topological polar surface area (TPSA) is 116 Å². The molecular formula is C10H18N2O5. The Morgan fingerprint density at radius 2 is 1.82 bits per heavy atom. The second-order valence-electron chi connectivity index (χ2n) is 3.60. The van der Waals surface area contributed by atoms with Gasteiger partial charge in [-0.3, -0.25) is 9.59 Å². The van der Waals surface area contributed by atoms with Gasteiger partial charge in [0.2, 0.25) is 5.91 Å². The molecule has 0 radical (unpaired) electrons. The Bertz CT molecular complexity index is 280. The van der Waals surface area contributed by atoms with Crippen LogP contribution >= 0.6 is 0 Å². The van der Waals surface area contributed by atoms with Gasteiger partial charge in [-0.2, -0.15) is 0 Å². The molecule has 0 unspecified atom stereocenters. The van der Waals surface area contributed by atoms with Gasteiger partial charge in [0.1, 0.15) is 6.04 Å². The number of carbonyl (C=O) groups excluding carboxylic acids is 1. The molecule has 0 saturated carbocycles. The van der Waals surface area contributed by atoms with E-state index < -0.39 is 18.0 Å². The highest BCUT2D eigenvalue weighted by Gasteiger charge is 2.19. The first-order chi connectivity index (χ1) is 7.97. The van der Waals surface area contributed by atoms with Gasteiger partial charge in [0.25, 0.3) is 0 Å². The number of carboxylic acids is 2. The summed E-state index contributed by atoms with van der Waals surface area (Å²) in [5.74, 6) is -2.48. The first kappa shape index (κ1) is 15.4. The van der Waals surface area contributed by atoms with Crippen LogP contribution in [0.2, 0.25) is 0 Å². The molecule has 0 aromatic heterocycles. The molecule has 0 aliphatic rings. The number of aliphatic carboxylic acids is 2. The van der Waals surface area contributed by atoms with Gasteiger partial charge in [-0.1, -0.05) is 0 Å². The van der Waals surface area contributed by atoms with Crippen LogP contribution in [0.1, 0.15) is 25.7 Å². The molecule has 98 valence electrons. The van der Waals surface area contributed by atoms with E-state index in [2.05, 4.69) is 10.6 Å². The molecule has 0 bridgehead atoms. The molecule has 1 atom stereocenters. The Labute approximate surface area is 99.2 Å². The van der Waals surface area contributed by atoms with Crippen LogP contribution in [-0.2, 0) is 14.4 Å². The van der Waals surface area contributed by atoms with Crippen LogP contribution in [0.15, 0.2) is 0 Å². The van der Waals surface area contributed by atoms with Crippen molar-refractivity contribution in [2.75, 3.05) is 13.6 Å². The summed E-state index contributed by atoms with van der Waals surface area (Å²) in [4.78, 5) is 32.4. The second kappa shape index (κ2) is 8.51. The molecule has 0 fully saturated rings. The van der Waals surface area contributed by atoms with Crippen LogP contribution in [-0.4, -0.2) is 47.7 Å². The van der Waals surface area contributed by atoms with Crippen LogP contribution < -0.4 is 10.6 Å². The fraction of sp³-hybridized carbons (Fsp3) is 0.700. The van der Waals surface area contributed by atoms with Crippen LogP contribution in [0.25, 0.3) is 0 Å². The first-order valence-corrected chi connectivity index (χ1v) is 5.36. The van der Waals surface area contributed by atoms with Gasteiger partial charge in [0.15, 0.2) is 0 Å². The Morgan fingerprint density at radius 1 is 1.18 bits per heavy atom. The summed E-state index contributed by atoms with van der Waals surface area (Å²) in [6, 6.07) is -1.02. The third-order valence-electron chi connectivity index (χ3n) is 2.12. The van der Waals surface area contributed by atoms with Gasteiger partial charge in [0.05, 0.1) is 0 Å². The summed E-state index contributed by atoms with van der Waals surface area (Å²) >= 11 is 0. The summed E-state index contributed by atoms with van der Waals surface area (Å²) < 4.78 is 0. The second-order valence-corrected chi connectivity index (χ2v) is 3.60. The highest BCUT2D eigenvalue weighted by Crippen LogP contribution is 2.02. The van der Waals surface area contributed by atoms with E-state index in [0.717, 1.165) is 0 Å².